The third-order valence-electron chi connectivity index (χ3n) is 18.6. The van der Waals surface area contributed by atoms with E-state index in [9.17, 15) is 0 Å². The van der Waals surface area contributed by atoms with Gasteiger partial charge in [0.15, 0.2) is 0 Å². The van der Waals surface area contributed by atoms with E-state index in [1.54, 1.807) is 0 Å². The first-order valence-corrected chi connectivity index (χ1v) is 38.0. The fourth-order valence-corrected chi connectivity index (χ4v) is 14.0. The minimum absolute atomic E-state index is 0.310. The summed E-state index contributed by atoms with van der Waals surface area (Å²) in [5.41, 5.74) is 35.3. The van der Waals surface area contributed by atoms with Crippen LogP contribution in [0.25, 0.3) is 0 Å². The van der Waals surface area contributed by atoms with E-state index in [1.807, 2.05) is 79.7 Å². The van der Waals surface area contributed by atoms with E-state index in [0.717, 1.165) is 79.0 Å². The van der Waals surface area contributed by atoms with E-state index >= 15 is 0 Å². The average Bonchev–Trinajstić information content (AvgIpc) is 0.834. The van der Waals surface area contributed by atoms with Crippen LogP contribution in [0.4, 0.5) is 0 Å². The Hall–Kier alpha value is -11.0. The summed E-state index contributed by atoms with van der Waals surface area (Å²) >= 11 is 0. The van der Waals surface area contributed by atoms with E-state index in [4.69, 9.17) is 37.9 Å². The maximum atomic E-state index is 6.45. The predicted octanol–water partition coefficient (Wildman–Crippen LogP) is 25.9. The van der Waals surface area contributed by atoms with E-state index in [2.05, 4.69) is 278 Å². The van der Waals surface area contributed by atoms with Gasteiger partial charge < -0.3 is 37.9 Å². The molecular formula is C101H114O8. The molecule has 0 radical (unpaired) electrons. The molecule has 0 aliphatic rings. The minimum atomic E-state index is 0.310. The van der Waals surface area contributed by atoms with Gasteiger partial charge in [0.05, 0.1) is 0 Å². The quantitative estimate of drug-likeness (QED) is 0.0592. The Morgan fingerprint density at radius 2 is 0.312 bits per heavy atom. The summed E-state index contributed by atoms with van der Waals surface area (Å²) in [4.78, 5) is 0. The van der Waals surface area contributed by atoms with Crippen LogP contribution < -0.4 is 37.9 Å². The largest absolute Gasteiger partial charge is 0.489 e. The highest BCUT2D eigenvalue weighted by Gasteiger charge is 2.13. The van der Waals surface area contributed by atoms with Crippen molar-refractivity contribution in [2.45, 2.75) is 198 Å². The van der Waals surface area contributed by atoms with E-state index in [-0.39, 0.29) is 0 Å². The van der Waals surface area contributed by atoms with Crippen molar-refractivity contribution in [3.63, 3.8) is 0 Å². The zero-order valence-corrected chi connectivity index (χ0v) is 68.6. The number of aryl methyl sites for hydroxylation is 20. The van der Waals surface area contributed by atoms with Gasteiger partial charge >= 0.3 is 0 Å². The first-order valence-electron chi connectivity index (χ1n) is 38.0. The summed E-state index contributed by atoms with van der Waals surface area (Å²) in [6.45, 7) is 48.0. The van der Waals surface area contributed by atoms with Gasteiger partial charge in [-0.05, 0) is 277 Å². The highest BCUT2D eigenvalue weighted by molar-refractivity contribution is 5.45. The topological polar surface area (TPSA) is 73.8 Å². The highest BCUT2D eigenvalue weighted by atomic mass is 16.5. The van der Waals surface area contributed by atoms with Crippen molar-refractivity contribution in [3.05, 3.63) is 374 Å². The zero-order valence-electron chi connectivity index (χ0n) is 68.6. The lowest BCUT2D eigenvalue weighted by Gasteiger charge is -2.16. The van der Waals surface area contributed by atoms with Gasteiger partial charge in [-0.25, -0.2) is 0 Å². The first-order chi connectivity index (χ1) is 51.9. The standard InChI is InChI=1S/C57H60O6.C25H28O2.C10H14.C9H12/c1-37-10-38(2)15-46(14-37)31-60-54-24-50(25-55(29-54)61-32-47-16-39(3)11-40(4)17-47)35-58-52-22-45(9)23-53(28-52)59-36-51-26-56(62-33-48-18-41(5)12-42(6)19-48)30-57(27-51)63-34-49-20-43(7)13-44(8)21-49;1-17-8-18(2)10-23(9-17)16-27-25-12-19(3)11-24(14-25)26-15-22-7-6-20(4)21(5)13-22;1-7-5-8(2)10(4)9(3)6-7;1-7-4-8(2)6-9(3)5-7/h10-30H,31-36H2,1-9H3;6-14H,15-16H2,1-5H3;5-6H,1-4H3;4-6H,1-3H3. The molecule has 0 fully saturated rings. The Kier molecular flexibility index (Phi) is 29.6. The smallest absolute Gasteiger partial charge is 0.123 e. The molecule has 0 aliphatic heterocycles. The fraction of sp³-hybridized carbons (Fsp3) is 0.287. The molecule has 0 unspecified atom stereocenters. The predicted molar refractivity (Wildman–Crippen MR) is 451 cm³/mol. The molecule has 0 heterocycles. The Bertz CT molecular complexity index is 4570. The average molecular weight is 1460 g/mol. The van der Waals surface area contributed by atoms with Crippen LogP contribution in [-0.2, 0) is 52.9 Å². The summed E-state index contributed by atoms with van der Waals surface area (Å²) < 4.78 is 50.5. The molecule has 0 bridgehead atoms. The number of rotatable bonds is 24. The van der Waals surface area contributed by atoms with Gasteiger partial charge in [-0.3, -0.25) is 0 Å². The molecule has 12 aromatic rings. The van der Waals surface area contributed by atoms with Crippen LogP contribution in [-0.4, -0.2) is 0 Å². The van der Waals surface area contributed by atoms with Crippen LogP contribution in [0, 0.1) is 145 Å². The van der Waals surface area contributed by atoms with Crippen LogP contribution >= 0.6 is 0 Å². The lowest BCUT2D eigenvalue weighted by Crippen LogP contribution is -2.03. The van der Waals surface area contributed by atoms with Crippen LogP contribution in [0.5, 0.6) is 46.0 Å². The fourth-order valence-electron chi connectivity index (χ4n) is 14.0. The van der Waals surface area contributed by atoms with Crippen molar-refractivity contribution in [2.75, 3.05) is 0 Å². The molecule has 12 rings (SSSR count). The Morgan fingerprint density at radius 3 is 0.532 bits per heavy atom. The van der Waals surface area contributed by atoms with Gasteiger partial charge in [0.1, 0.15) is 98.9 Å². The molecule has 566 valence electrons. The molecule has 0 spiro atoms. The van der Waals surface area contributed by atoms with E-state index in [0.29, 0.717) is 64.4 Å². The van der Waals surface area contributed by atoms with Crippen molar-refractivity contribution in [2.24, 2.45) is 0 Å². The van der Waals surface area contributed by atoms with Crippen molar-refractivity contribution >= 4 is 0 Å². The molecule has 0 amide bonds. The monoisotopic (exact) mass is 1450 g/mol. The van der Waals surface area contributed by atoms with Crippen molar-refractivity contribution in [1.82, 2.24) is 0 Å². The zero-order chi connectivity index (χ0) is 78.4. The second kappa shape index (κ2) is 39.2. The molecule has 0 saturated heterocycles. The normalized spacial score (nSPS) is 10.7. The Morgan fingerprint density at radius 1 is 0.138 bits per heavy atom. The molecular weight excluding hydrogens is 1340 g/mol. The van der Waals surface area contributed by atoms with Gasteiger partial charge in [0.25, 0.3) is 0 Å². The molecule has 0 N–H and O–H groups in total. The van der Waals surface area contributed by atoms with Crippen LogP contribution in [0.3, 0.4) is 0 Å². The summed E-state index contributed by atoms with van der Waals surface area (Å²) in [5.74, 6) is 5.95. The lowest BCUT2D eigenvalue weighted by molar-refractivity contribution is 0.276. The molecule has 12 aromatic carbocycles. The third-order valence-corrected chi connectivity index (χ3v) is 18.6. The SMILES string of the molecule is Cc1cc(C)c(C)c(C)c1.Cc1cc(C)cc(C)c1.Cc1cc(C)cc(COc2cc(C)cc(OCc3ccc(C)c(C)c3)c2)c1.Cc1cc(C)cc(COc2cc(COc3cc(C)cc(OCc4cc(OCc5cc(C)cc(C)c5)cc(OCc5cc(C)cc(C)c5)c4)c3)cc(OCc3cc(C)cc(C)c3)c2)c1. The molecule has 8 heteroatoms. The second-order valence-corrected chi connectivity index (χ2v) is 30.5. The summed E-state index contributed by atoms with van der Waals surface area (Å²) in [6.07, 6.45) is 0. The number of ether oxygens (including phenoxy) is 8. The number of benzene rings is 12. The van der Waals surface area contributed by atoms with E-state index in [1.165, 1.54) is 117 Å². The Labute approximate surface area is 652 Å². The third kappa shape index (κ3) is 27.7. The van der Waals surface area contributed by atoms with Gasteiger partial charge in [-0.2, -0.15) is 0 Å². The van der Waals surface area contributed by atoms with E-state index < -0.39 is 0 Å². The number of hydrogen-bond donors (Lipinski definition) is 0. The molecule has 0 aromatic heterocycles. The summed E-state index contributed by atoms with van der Waals surface area (Å²) in [6, 6.07) is 74.0. The minimum Gasteiger partial charge on any atom is -0.489 e. The molecule has 8 nitrogen and oxygen atoms in total. The van der Waals surface area contributed by atoms with Crippen LogP contribution in [0.1, 0.15) is 161 Å². The van der Waals surface area contributed by atoms with Crippen LogP contribution in [0.2, 0.25) is 0 Å². The molecule has 0 saturated carbocycles. The molecule has 0 atom stereocenters. The Balaban J connectivity index is 0.000000239. The summed E-state index contributed by atoms with van der Waals surface area (Å²) in [5, 5.41) is 0. The highest BCUT2D eigenvalue weighted by Crippen LogP contribution is 2.32. The first kappa shape index (κ1) is 82.1. The van der Waals surface area contributed by atoms with Gasteiger partial charge in [-0.1, -0.05) is 217 Å². The van der Waals surface area contributed by atoms with Crippen LogP contribution in [0.15, 0.2) is 212 Å². The summed E-state index contributed by atoms with van der Waals surface area (Å²) in [7, 11) is 0. The lowest BCUT2D eigenvalue weighted by atomic mass is 10.0. The van der Waals surface area contributed by atoms with Gasteiger partial charge in [0.2, 0.25) is 0 Å². The second-order valence-electron chi connectivity index (χ2n) is 30.5. The maximum absolute atomic E-state index is 6.45. The maximum Gasteiger partial charge on any atom is 0.123 e. The van der Waals surface area contributed by atoms with Crippen molar-refractivity contribution in [3.8, 4) is 46.0 Å². The molecule has 109 heavy (non-hydrogen) atoms. The van der Waals surface area contributed by atoms with Gasteiger partial charge in [-0.15, -0.1) is 0 Å². The van der Waals surface area contributed by atoms with Crippen molar-refractivity contribution < 1.29 is 37.9 Å². The van der Waals surface area contributed by atoms with Crippen molar-refractivity contribution in [1.29, 1.82) is 0 Å². The molecule has 0 aliphatic carbocycles. The van der Waals surface area contributed by atoms with Gasteiger partial charge in [0, 0.05) is 24.3 Å². The number of hydrogen-bond acceptors (Lipinski definition) is 8.